The number of ether oxygens (including phenoxy) is 2. The Morgan fingerprint density at radius 3 is 2.32 bits per heavy atom. The van der Waals surface area contributed by atoms with Crippen molar-refractivity contribution in [1.82, 2.24) is 0 Å². The fourth-order valence-corrected chi connectivity index (χ4v) is 4.77. The molecule has 0 amide bonds. The molecule has 3 aromatic carbocycles. The Morgan fingerprint density at radius 2 is 1.62 bits per heavy atom. The Kier molecular flexibility index (Phi) is 8.47. The summed E-state index contributed by atoms with van der Waals surface area (Å²) in [6.07, 6.45) is 3.75. The lowest BCUT2D eigenvalue weighted by atomic mass is 10.1. The molecule has 4 rings (SSSR count). The first-order valence-electron chi connectivity index (χ1n) is 12.0. The van der Waals surface area contributed by atoms with Gasteiger partial charge in [-0.05, 0) is 74.6 Å². The number of nitrogens with one attached hydrogen (secondary N) is 1. The summed E-state index contributed by atoms with van der Waals surface area (Å²) in [6.45, 7) is 7.72. The van der Waals surface area contributed by atoms with Crippen molar-refractivity contribution in [2.24, 2.45) is 0 Å². The fourth-order valence-electron chi connectivity index (χ4n) is 4.18. The number of halogens is 2. The maximum atomic E-state index is 6.62. The van der Waals surface area contributed by atoms with Gasteiger partial charge in [-0.3, -0.25) is 0 Å². The Morgan fingerprint density at radius 1 is 0.853 bits per heavy atom. The summed E-state index contributed by atoms with van der Waals surface area (Å²) >= 11 is 13.2. The zero-order valence-electron chi connectivity index (χ0n) is 19.9. The van der Waals surface area contributed by atoms with Gasteiger partial charge in [0.25, 0.3) is 0 Å². The van der Waals surface area contributed by atoms with Crippen LogP contribution in [0.3, 0.4) is 0 Å². The number of nitrogens with zero attached hydrogens (tertiary/aromatic N) is 1. The van der Waals surface area contributed by atoms with Crippen molar-refractivity contribution in [3.63, 3.8) is 0 Å². The first-order chi connectivity index (χ1) is 16.5. The smallest absolute Gasteiger partial charge is 0.180 e. The topological polar surface area (TPSA) is 33.7 Å². The molecular weight excluding hydrogens is 467 g/mol. The molecule has 0 aromatic heterocycles. The molecular formula is C28H32Cl2N2O2. The second-order valence-corrected chi connectivity index (χ2v) is 9.49. The minimum absolute atomic E-state index is 0.430. The normalized spacial score (nSPS) is 13.6. The van der Waals surface area contributed by atoms with Crippen LogP contribution in [0.4, 0.5) is 11.4 Å². The predicted octanol–water partition coefficient (Wildman–Crippen LogP) is 7.88. The molecule has 3 aromatic rings. The van der Waals surface area contributed by atoms with Gasteiger partial charge in [0.1, 0.15) is 6.61 Å². The predicted molar refractivity (Wildman–Crippen MR) is 143 cm³/mol. The maximum Gasteiger partial charge on any atom is 0.180 e. The average Bonchev–Trinajstić information content (AvgIpc) is 2.84. The first-order valence-corrected chi connectivity index (χ1v) is 12.7. The van der Waals surface area contributed by atoms with Crippen LogP contribution in [0.15, 0.2) is 54.6 Å². The minimum atomic E-state index is 0.430. The zero-order chi connectivity index (χ0) is 23.9. The Hall–Kier alpha value is -2.56. The molecule has 1 aliphatic rings. The van der Waals surface area contributed by atoms with Crippen LogP contribution in [0.2, 0.25) is 10.0 Å². The van der Waals surface area contributed by atoms with Gasteiger partial charge in [-0.25, -0.2) is 0 Å². The lowest BCUT2D eigenvalue weighted by Gasteiger charge is -2.29. The fraction of sp³-hybridized carbons (Fsp3) is 0.357. The van der Waals surface area contributed by atoms with Crippen LogP contribution in [0, 0.1) is 6.92 Å². The van der Waals surface area contributed by atoms with E-state index in [1.54, 1.807) is 0 Å². The quantitative estimate of drug-likeness (QED) is 0.325. The summed E-state index contributed by atoms with van der Waals surface area (Å²) in [5, 5.41) is 4.77. The summed E-state index contributed by atoms with van der Waals surface area (Å²) < 4.78 is 11.9. The maximum absolute atomic E-state index is 6.62. The molecule has 34 heavy (non-hydrogen) atoms. The third-order valence-corrected chi connectivity index (χ3v) is 6.60. The molecule has 6 heteroatoms. The summed E-state index contributed by atoms with van der Waals surface area (Å²) in [5.41, 5.74) is 5.39. The molecule has 4 nitrogen and oxygen atoms in total. The minimum Gasteiger partial charge on any atom is -0.490 e. The van der Waals surface area contributed by atoms with E-state index < -0.39 is 0 Å². The van der Waals surface area contributed by atoms with Gasteiger partial charge in [-0.1, -0.05) is 53.0 Å². The highest BCUT2D eigenvalue weighted by atomic mass is 35.5. The molecule has 0 spiro atoms. The molecule has 0 aliphatic carbocycles. The average molecular weight is 499 g/mol. The number of benzene rings is 3. The number of piperidine rings is 1. The van der Waals surface area contributed by atoms with E-state index in [-0.39, 0.29) is 0 Å². The summed E-state index contributed by atoms with van der Waals surface area (Å²) in [6, 6.07) is 18.4. The van der Waals surface area contributed by atoms with Crippen LogP contribution in [0.25, 0.3) is 0 Å². The van der Waals surface area contributed by atoms with Gasteiger partial charge in [0.2, 0.25) is 0 Å². The molecule has 0 bridgehead atoms. The summed E-state index contributed by atoms with van der Waals surface area (Å²) in [7, 11) is 0. The lowest BCUT2D eigenvalue weighted by molar-refractivity contribution is 0.269. The molecule has 1 saturated heterocycles. The van der Waals surface area contributed by atoms with Crippen LogP contribution in [-0.2, 0) is 13.2 Å². The third-order valence-electron chi connectivity index (χ3n) is 6.01. The SMILES string of the molecule is CCOc1cc(CNc2ccc(N3CCCCC3)c(Cl)c2)cc(Cl)c1OCc1ccc(C)cc1. The number of hydrogen-bond donors (Lipinski definition) is 1. The van der Waals surface area contributed by atoms with Crippen LogP contribution >= 0.6 is 23.2 Å². The summed E-state index contributed by atoms with van der Waals surface area (Å²) in [5.74, 6) is 1.22. The van der Waals surface area contributed by atoms with Crippen molar-refractivity contribution in [1.29, 1.82) is 0 Å². The van der Waals surface area contributed by atoms with E-state index in [9.17, 15) is 0 Å². The van der Waals surface area contributed by atoms with Crippen molar-refractivity contribution in [3.8, 4) is 11.5 Å². The van der Waals surface area contributed by atoms with Crippen LogP contribution in [0.1, 0.15) is 42.9 Å². The van der Waals surface area contributed by atoms with Gasteiger partial charge in [0, 0.05) is 25.3 Å². The van der Waals surface area contributed by atoms with Gasteiger partial charge in [0.05, 0.1) is 22.3 Å². The second kappa shape index (κ2) is 11.7. The number of rotatable bonds is 9. The Labute approximate surface area is 212 Å². The highest BCUT2D eigenvalue weighted by Crippen LogP contribution is 2.38. The van der Waals surface area contributed by atoms with E-state index in [4.69, 9.17) is 32.7 Å². The van der Waals surface area contributed by atoms with Gasteiger partial charge >= 0.3 is 0 Å². The van der Waals surface area contributed by atoms with Crippen molar-refractivity contribution in [2.45, 2.75) is 46.3 Å². The van der Waals surface area contributed by atoms with E-state index in [1.807, 2.05) is 25.1 Å². The number of anilines is 2. The molecule has 0 saturated carbocycles. The highest BCUT2D eigenvalue weighted by Gasteiger charge is 2.15. The monoisotopic (exact) mass is 498 g/mol. The van der Waals surface area contributed by atoms with Gasteiger partial charge in [0.15, 0.2) is 11.5 Å². The van der Waals surface area contributed by atoms with Crippen LogP contribution in [0.5, 0.6) is 11.5 Å². The zero-order valence-corrected chi connectivity index (χ0v) is 21.4. The van der Waals surface area contributed by atoms with E-state index in [2.05, 4.69) is 53.5 Å². The molecule has 1 heterocycles. The molecule has 180 valence electrons. The molecule has 0 unspecified atom stereocenters. The molecule has 0 radical (unpaired) electrons. The number of hydrogen-bond acceptors (Lipinski definition) is 4. The van der Waals surface area contributed by atoms with Gasteiger partial charge in [-0.2, -0.15) is 0 Å². The van der Waals surface area contributed by atoms with Crippen LogP contribution < -0.4 is 19.7 Å². The first kappa shape index (κ1) is 24.6. The van der Waals surface area contributed by atoms with E-state index in [1.165, 1.54) is 24.8 Å². The Bertz CT molecular complexity index is 1100. The van der Waals surface area contributed by atoms with E-state index in [0.717, 1.165) is 40.6 Å². The molecule has 0 atom stereocenters. The second-order valence-electron chi connectivity index (χ2n) is 8.68. The number of aryl methyl sites for hydroxylation is 1. The van der Waals surface area contributed by atoms with Crippen LogP contribution in [-0.4, -0.2) is 19.7 Å². The standard InChI is InChI=1S/C28H32Cl2N2O2/c1-3-33-27-16-22(15-25(30)28(27)34-19-21-9-7-20(2)8-10-21)18-31-23-11-12-26(24(29)17-23)32-13-5-4-6-14-32/h7-12,15-17,31H,3-6,13-14,18-19H2,1-2H3. The third kappa shape index (κ3) is 6.31. The van der Waals surface area contributed by atoms with Crippen molar-refractivity contribution >= 4 is 34.6 Å². The highest BCUT2D eigenvalue weighted by molar-refractivity contribution is 6.33. The molecule has 1 aliphatic heterocycles. The van der Waals surface area contributed by atoms with Crippen molar-refractivity contribution < 1.29 is 9.47 Å². The van der Waals surface area contributed by atoms with Gasteiger partial charge < -0.3 is 19.7 Å². The van der Waals surface area contributed by atoms with E-state index >= 15 is 0 Å². The lowest BCUT2D eigenvalue weighted by Crippen LogP contribution is -2.29. The Balaban J connectivity index is 1.43. The van der Waals surface area contributed by atoms with E-state index in [0.29, 0.717) is 36.3 Å². The van der Waals surface area contributed by atoms with Gasteiger partial charge in [-0.15, -0.1) is 0 Å². The largest absolute Gasteiger partial charge is 0.490 e. The summed E-state index contributed by atoms with van der Waals surface area (Å²) in [4.78, 5) is 2.37. The molecule has 1 N–H and O–H groups in total. The van der Waals surface area contributed by atoms with Crippen molar-refractivity contribution in [3.05, 3.63) is 81.3 Å². The molecule has 1 fully saturated rings. The van der Waals surface area contributed by atoms with Crippen molar-refractivity contribution in [2.75, 3.05) is 29.9 Å².